The first-order valence-electron chi connectivity index (χ1n) is 8.31. The van der Waals surface area contributed by atoms with E-state index in [4.69, 9.17) is 11.6 Å². The van der Waals surface area contributed by atoms with Crippen LogP contribution >= 0.6 is 11.6 Å². The lowest BCUT2D eigenvalue weighted by molar-refractivity contribution is 0.0941. The number of aryl methyl sites for hydroxylation is 1. The molecule has 7 heteroatoms. The minimum atomic E-state index is -0.428. The van der Waals surface area contributed by atoms with Gasteiger partial charge in [-0.2, -0.15) is 5.10 Å². The molecule has 0 unspecified atom stereocenters. The van der Waals surface area contributed by atoms with Crippen molar-refractivity contribution in [1.82, 2.24) is 20.0 Å². The van der Waals surface area contributed by atoms with Gasteiger partial charge in [0.15, 0.2) is 5.69 Å². The lowest BCUT2D eigenvalue weighted by Gasteiger charge is -2.15. The number of benzene rings is 1. The van der Waals surface area contributed by atoms with E-state index in [2.05, 4.69) is 15.3 Å². The SMILES string of the molecule is CCn1nc(C(=O)NCCN2CCCC2)c(=O)c2cc(Cl)ccc21. The van der Waals surface area contributed by atoms with Crippen molar-refractivity contribution < 1.29 is 4.79 Å². The van der Waals surface area contributed by atoms with Crippen LogP contribution in [0, 0.1) is 0 Å². The van der Waals surface area contributed by atoms with E-state index in [1.165, 1.54) is 12.8 Å². The Kier molecular flexibility index (Phi) is 5.16. The van der Waals surface area contributed by atoms with Gasteiger partial charge in [0, 0.05) is 24.7 Å². The molecule has 0 bridgehead atoms. The number of nitrogens with zero attached hydrogens (tertiary/aromatic N) is 3. The number of hydrogen-bond acceptors (Lipinski definition) is 4. The molecule has 2 aromatic rings. The second-order valence-electron chi connectivity index (χ2n) is 5.96. The Morgan fingerprint density at radius 2 is 2.08 bits per heavy atom. The van der Waals surface area contributed by atoms with Gasteiger partial charge < -0.3 is 10.2 Å². The Hall–Kier alpha value is -1.92. The number of rotatable bonds is 5. The van der Waals surface area contributed by atoms with Crippen molar-refractivity contribution in [2.45, 2.75) is 26.3 Å². The highest BCUT2D eigenvalue weighted by atomic mass is 35.5. The van der Waals surface area contributed by atoms with Crippen LogP contribution in [0.1, 0.15) is 30.3 Å². The average Bonchev–Trinajstić information content (AvgIpc) is 3.09. The largest absolute Gasteiger partial charge is 0.349 e. The van der Waals surface area contributed by atoms with Gasteiger partial charge in [0.2, 0.25) is 5.43 Å². The third kappa shape index (κ3) is 3.44. The summed E-state index contributed by atoms with van der Waals surface area (Å²) < 4.78 is 1.66. The van der Waals surface area contributed by atoms with Crippen molar-refractivity contribution in [3.8, 4) is 0 Å². The quantitative estimate of drug-likeness (QED) is 0.896. The molecule has 1 fully saturated rings. The second-order valence-corrected chi connectivity index (χ2v) is 6.40. The zero-order chi connectivity index (χ0) is 17.1. The Bertz CT molecular complexity index is 812. The molecule has 6 nitrogen and oxygen atoms in total. The summed E-state index contributed by atoms with van der Waals surface area (Å²) >= 11 is 6.00. The highest BCUT2D eigenvalue weighted by molar-refractivity contribution is 6.31. The summed E-state index contributed by atoms with van der Waals surface area (Å²) in [6.45, 7) is 5.94. The summed E-state index contributed by atoms with van der Waals surface area (Å²) in [7, 11) is 0. The summed E-state index contributed by atoms with van der Waals surface area (Å²) in [5.41, 5.74) is 0.226. The summed E-state index contributed by atoms with van der Waals surface area (Å²) in [4.78, 5) is 27.3. The number of aromatic nitrogens is 2. The van der Waals surface area contributed by atoms with Gasteiger partial charge in [-0.1, -0.05) is 11.6 Å². The van der Waals surface area contributed by atoms with Crippen LogP contribution in [-0.2, 0) is 6.54 Å². The minimum absolute atomic E-state index is 0.0759. The molecule has 1 N–H and O–H groups in total. The van der Waals surface area contributed by atoms with E-state index in [0.29, 0.717) is 29.0 Å². The third-order valence-corrected chi connectivity index (χ3v) is 4.58. The standard InChI is InChI=1S/C17H21ClN4O2/c1-2-22-14-6-5-12(18)11-13(14)16(23)15(20-22)17(24)19-7-10-21-8-3-4-9-21/h5-6,11H,2-4,7-10H2,1H3,(H,19,24). The number of amides is 1. The maximum Gasteiger partial charge on any atom is 0.275 e. The molecule has 0 radical (unpaired) electrons. The van der Waals surface area contributed by atoms with Crippen LogP contribution in [0.3, 0.4) is 0 Å². The Balaban J connectivity index is 1.83. The van der Waals surface area contributed by atoms with Crippen LogP contribution in [0.2, 0.25) is 5.02 Å². The molecule has 1 saturated heterocycles. The number of nitrogens with one attached hydrogen (secondary N) is 1. The zero-order valence-electron chi connectivity index (χ0n) is 13.7. The molecule has 24 heavy (non-hydrogen) atoms. The van der Waals surface area contributed by atoms with Crippen molar-refractivity contribution in [3.05, 3.63) is 39.1 Å². The normalized spacial score (nSPS) is 15.1. The first-order valence-corrected chi connectivity index (χ1v) is 8.69. The van der Waals surface area contributed by atoms with Crippen molar-refractivity contribution in [1.29, 1.82) is 0 Å². The van der Waals surface area contributed by atoms with Crippen LogP contribution in [-0.4, -0.2) is 46.8 Å². The molecule has 1 aliphatic rings. The number of hydrogen-bond donors (Lipinski definition) is 1. The van der Waals surface area contributed by atoms with Gasteiger partial charge in [0.05, 0.1) is 10.9 Å². The van der Waals surface area contributed by atoms with Crippen molar-refractivity contribution in [3.63, 3.8) is 0 Å². The highest BCUT2D eigenvalue weighted by Crippen LogP contribution is 2.16. The van der Waals surface area contributed by atoms with E-state index in [9.17, 15) is 9.59 Å². The second kappa shape index (κ2) is 7.32. The lowest BCUT2D eigenvalue weighted by atomic mass is 10.2. The third-order valence-electron chi connectivity index (χ3n) is 4.34. The van der Waals surface area contributed by atoms with E-state index in [1.807, 2.05) is 6.92 Å². The van der Waals surface area contributed by atoms with Crippen molar-refractivity contribution in [2.24, 2.45) is 0 Å². The van der Waals surface area contributed by atoms with E-state index < -0.39 is 5.91 Å². The lowest BCUT2D eigenvalue weighted by Crippen LogP contribution is -2.37. The van der Waals surface area contributed by atoms with E-state index in [0.717, 1.165) is 19.6 Å². The summed E-state index contributed by atoms with van der Waals surface area (Å²) in [6, 6.07) is 5.06. The maximum absolute atomic E-state index is 12.6. The Morgan fingerprint density at radius 3 is 2.79 bits per heavy atom. The highest BCUT2D eigenvalue weighted by Gasteiger charge is 2.18. The molecule has 1 amide bonds. The molecule has 0 aliphatic carbocycles. The molecular formula is C17H21ClN4O2. The minimum Gasteiger partial charge on any atom is -0.349 e. The number of fused-ring (bicyclic) bond motifs is 1. The average molecular weight is 349 g/mol. The Morgan fingerprint density at radius 1 is 1.33 bits per heavy atom. The Labute approximate surface area is 145 Å². The molecule has 0 atom stereocenters. The molecule has 3 rings (SSSR count). The predicted octanol–water partition coefficient (Wildman–Crippen LogP) is 1.90. The van der Waals surface area contributed by atoms with E-state index >= 15 is 0 Å². The first kappa shape index (κ1) is 16.9. The molecule has 2 heterocycles. The number of likely N-dealkylation sites (tertiary alicyclic amines) is 1. The van der Waals surface area contributed by atoms with Crippen LogP contribution in [0.4, 0.5) is 0 Å². The van der Waals surface area contributed by atoms with Gasteiger partial charge in [0.25, 0.3) is 5.91 Å². The van der Waals surface area contributed by atoms with Crippen LogP contribution < -0.4 is 10.7 Å². The summed E-state index contributed by atoms with van der Waals surface area (Å²) in [5.74, 6) is -0.428. The number of halogens is 1. The zero-order valence-corrected chi connectivity index (χ0v) is 14.5. The molecule has 1 aromatic heterocycles. The molecule has 0 spiro atoms. The molecule has 0 saturated carbocycles. The topological polar surface area (TPSA) is 67.2 Å². The smallest absolute Gasteiger partial charge is 0.275 e. The maximum atomic E-state index is 12.6. The van der Waals surface area contributed by atoms with Gasteiger partial charge in [-0.15, -0.1) is 0 Å². The van der Waals surface area contributed by atoms with Gasteiger partial charge >= 0.3 is 0 Å². The van der Waals surface area contributed by atoms with Crippen molar-refractivity contribution in [2.75, 3.05) is 26.2 Å². The molecular weight excluding hydrogens is 328 g/mol. The first-order chi connectivity index (χ1) is 11.6. The predicted molar refractivity (Wildman–Crippen MR) is 94.7 cm³/mol. The number of carbonyl (C=O) groups excluding carboxylic acids is 1. The fraction of sp³-hybridized carbons (Fsp3) is 0.471. The molecule has 1 aliphatic heterocycles. The monoisotopic (exact) mass is 348 g/mol. The van der Waals surface area contributed by atoms with Gasteiger partial charge in [-0.05, 0) is 51.1 Å². The van der Waals surface area contributed by atoms with Crippen LogP contribution in [0.5, 0.6) is 0 Å². The fourth-order valence-corrected chi connectivity index (χ4v) is 3.24. The van der Waals surface area contributed by atoms with Crippen LogP contribution in [0.25, 0.3) is 10.9 Å². The summed E-state index contributed by atoms with van der Waals surface area (Å²) in [6.07, 6.45) is 2.42. The van der Waals surface area contributed by atoms with E-state index in [1.54, 1.807) is 22.9 Å². The van der Waals surface area contributed by atoms with Gasteiger partial charge in [-0.3, -0.25) is 14.3 Å². The van der Waals surface area contributed by atoms with Gasteiger partial charge in [0.1, 0.15) is 0 Å². The fourth-order valence-electron chi connectivity index (χ4n) is 3.07. The van der Waals surface area contributed by atoms with E-state index in [-0.39, 0.29) is 11.1 Å². The molecule has 128 valence electrons. The molecule has 1 aromatic carbocycles. The van der Waals surface area contributed by atoms with Gasteiger partial charge in [-0.25, -0.2) is 0 Å². The summed E-state index contributed by atoms with van der Waals surface area (Å²) in [5, 5.41) is 7.93. The van der Waals surface area contributed by atoms with Crippen LogP contribution in [0.15, 0.2) is 23.0 Å². The number of carbonyl (C=O) groups is 1. The van der Waals surface area contributed by atoms with Crippen molar-refractivity contribution >= 4 is 28.4 Å².